The number of para-hydroxylation sites is 2. The first-order chi connectivity index (χ1) is 58.8. The van der Waals surface area contributed by atoms with Crippen molar-refractivity contribution in [3.8, 4) is 66.8 Å². The summed E-state index contributed by atoms with van der Waals surface area (Å²) in [6, 6.07) is 157. The van der Waals surface area contributed by atoms with Gasteiger partial charge in [0.05, 0.1) is 10.8 Å². The Bertz CT molecular complexity index is 7860. The van der Waals surface area contributed by atoms with Crippen molar-refractivity contribution in [2.75, 3.05) is 10.2 Å². The highest BCUT2D eigenvalue weighted by Gasteiger charge is 2.53. The van der Waals surface area contributed by atoms with Gasteiger partial charge in [-0.25, -0.2) is 0 Å². The van der Waals surface area contributed by atoms with Crippen LogP contribution >= 0.6 is 38.6 Å². The SMILES string of the molecule is Brc1ccc2sc3ccc(-c4ccc5c(c4)-c4cc6ccccc6cc4C54c5ccccc5-c5ccccc54)cc3c2c1.c1ccc(N(c2ccc3ccccc3c2)c2ccc3sc4ccc(-c5ccc6c(c5)-c5cc7ccccc7cc5C65c6ccccc6-c6ccccc65)cc4c3c2)cc1.c1ccc(Nc2ccc3ccccc3c2)cc1. The molecule has 0 fully saturated rings. The summed E-state index contributed by atoms with van der Waals surface area (Å²) in [4.78, 5) is 2.38. The molecule has 2 heterocycles. The summed E-state index contributed by atoms with van der Waals surface area (Å²) < 4.78 is 6.36. The Labute approximate surface area is 706 Å². The maximum atomic E-state index is 3.69. The van der Waals surface area contributed by atoms with E-state index in [1.807, 2.05) is 40.9 Å². The van der Waals surface area contributed by atoms with Crippen LogP contribution in [0.4, 0.5) is 28.4 Å². The molecule has 556 valence electrons. The minimum Gasteiger partial charge on any atom is -0.356 e. The second kappa shape index (κ2) is 27.6. The number of halogens is 1. The lowest BCUT2D eigenvalue weighted by Gasteiger charge is -2.30. The van der Waals surface area contributed by atoms with Crippen molar-refractivity contribution in [2.45, 2.75) is 10.8 Å². The number of hydrogen-bond donors (Lipinski definition) is 1. The lowest BCUT2D eigenvalue weighted by molar-refractivity contribution is 0.795. The van der Waals surface area contributed by atoms with Gasteiger partial charge in [0.2, 0.25) is 0 Å². The molecule has 0 atom stereocenters. The van der Waals surface area contributed by atoms with Crippen molar-refractivity contribution >= 4 is 150 Å². The molecule has 0 amide bonds. The van der Waals surface area contributed by atoms with Crippen molar-refractivity contribution in [1.82, 2.24) is 0 Å². The molecule has 0 saturated carbocycles. The fourth-order valence-electron chi connectivity index (χ4n) is 20.3. The van der Waals surface area contributed by atoms with Crippen molar-refractivity contribution < 1.29 is 0 Å². The predicted molar refractivity (Wildman–Crippen MR) is 511 cm³/mol. The first-order valence-corrected chi connectivity index (χ1v) is 43.3. The Hall–Kier alpha value is -14.0. The quantitative estimate of drug-likeness (QED) is 0.171. The minimum atomic E-state index is -0.375. The van der Waals surface area contributed by atoms with Crippen LogP contribution in [0.25, 0.3) is 150 Å². The highest BCUT2D eigenvalue weighted by Crippen LogP contribution is 2.66. The van der Waals surface area contributed by atoms with Crippen molar-refractivity contribution in [3.05, 3.63) is 474 Å². The van der Waals surface area contributed by atoms with E-state index in [9.17, 15) is 0 Å². The second-order valence-electron chi connectivity index (χ2n) is 31.9. The summed E-state index contributed by atoms with van der Waals surface area (Å²) in [5.41, 5.74) is 31.6. The lowest BCUT2D eigenvalue weighted by atomic mass is 9.70. The van der Waals surface area contributed by atoms with Crippen LogP contribution in [0.2, 0.25) is 0 Å². The molecule has 0 radical (unpaired) electrons. The molecule has 4 aliphatic rings. The zero-order valence-electron chi connectivity index (χ0n) is 64.6. The van der Waals surface area contributed by atoms with E-state index in [-0.39, 0.29) is 10.8 Å². The number of nitrogens with zero attached hydrogens (tertiary/aromatic N) is 1. The second-order valence-corrected chi connectivity index (χ2v) is 35.0. The molecule has 0 saturated heterocycles. The van der Waals surface area contributed by atoms with Crippen molar-refractivity contribution in [3.63, 3.8) is 0 Å². The van der Waals surface area contributed by atoms with Crippen molar-refractivity contribution in [1.29, 1.82) is 0 Å². The minimum absolute atomic E-state index is 0.333. The Morgan fingerprint density at radius 1 is 0.202 bits per heavy atom. The van der Waals surface area contributed by atoms with Gasteiger partial charge in [0.25, 0.3) is 0 Å². The zero-order chi connectivity index (χ0) is 78.4. The summed E-state index contributed by atoms with van der Waals surface area (Å²) >= 11 is 7.43. The van der Waals surface area contributed by atoms with Gasteiger partial charge in [0, 0.05) is 73.3 Å². The van der Waals surface area contributed by atoms with Gasteiger partial charge in [0.1, 0.15) is 0 Å². The van der Waals surface area contributed by atoms with Crippen LogP contribution in [0.5, 0.6) is 0 Å². The largest absolute Gasteiger partial charge is 0.356 e. The molecule has 5 heteroatoms. The molecule has 0 bridgehead atoms. The van der Waals surface area contributed by atoms with Gasteiger partial charge in [-0.3, -0.25) is 0 Å². The van der Waals surface area contributed by atoms with Crippen LogP contribution in [0, 0.1) is 0 Å². The molecule has 2 spiro atoms. The Morgan fingerprint density at radius 3 is 1.03 bits per heavy atom. The molecule has 0 unspecified atom stereocenters. The summed E-state index contributed by atoms with van der Waals surface area (Å²) in [5.74, 6) is 0. The summed E-state index contributed by atoms with van der Waals surface area (Å²) in [7, 11) is 0. The summed E-state index contributed by atoms with van der Waals surface area (Å²) in [6.07, 6.45) is 0. The van der Waals surface area contributed by atoms with Gasteiger partial charge < -0.3 is 10.2 Å². The fraction of sp³-hybridized carbons (Fsp3) is 0.0175. The maximum absolute atomic E-state index is 3.69. The summed E-state index contributed by atoms with van der Waals surface area (Å²) in [5, 5.41) is 18.7. The number of rotatable bonds is 7. The van der Waals surface area contributed by atoms with E-state index >= 15 is 0 Å². The maximum Gasteiger partial charge on any atom is 0.0725 e. The van der Waals surface area contributed by atoms with Crippen LogP contribution in [0.15, 0.2) is 429 Å². The van der Waals surface area contributed by atoms with Gasteiger partial charge in [-0.2, -0.15) is 0 Å². The number of anilines is 5. The standard InChI is InChI=1S/C57H35NS.C41H23BrS.C16H13N/c1-2-16-42(17-3-1)58(43-25-22-36-12-4-5-13-37(36)30-43)44-26-29-56-50(35-44)49-33-41(24-28-55(49)59-56)40-23-27-53-47(32-40)48-31-38-14-6-7-15-39(38)34-54(48)57(53)51-20-10-8-18-45(51)46-19-9-11-21-52(46)57;42-28-15-18-40-34(23-28)33-21-27(14-17-39(33)43-40)26-13-16-37-31(20-26)32-19-24-7-1-2-8-25(24)22-38(32)41(37)35-11-5-3-9-29(35)30-10-4-6-12-36(30)41;1-2-8-15(9-3-1)17-16-11-10-13-6-4-5-7-14(13)12-16/h1-35H;1-23H;1-12,17H. The average molecular weight is 1610 g/mol. The van der Waals surface area contributed by atoms with E-state index in [1.54, 1.807) is 0 Å². The van der Waals surface area contributed by atoms with E-state index in [4.69, 9.17) is 0 Å². The van der Waals surface area contributed by atoms with E-state index in [0.29, 0.717) is 0 Å². The molecular weight excluding hydrogens is 1540 g/mol. The first kappa shape index (κ1) is 69.3. The molecule has 0 aliphatic heterocycles. The van der Waals surface area contributed by atoms with Gasteiger partial charge in [-0.15, -0.1) is 22.7 Å². The van der Waals surface area contributed by atoms with Crippen LogP contribution in [-0.2, 0) is 10.8 Å². The third-order valence-electron chi connectivity index (χ3n) is 25.5. The Balaban J connectivity index is 0.000000117. The van der Waals surface area contributed by atoms with Crippen LogP contribution in [0.1, 0.15) is 44.5 Å². The van der Waals surface area contributed by atoms with E-state index in [0.717, 1.165) is 32.9 Å². The van der Waals surface area contributed by atoms with Crippen LogP contribution in [-0.4, -0.2) is 0 Å². The molecule has 20 aromatic carbocycles. The monoisotopic (exact) mass is 1610 g/mol. The topological polar surface area (TPSA) is 15.3 Å². The molecule has 2 nitrogen and oxygen atoms in total. The number of benzene rings is 20. The molecular formula is C114H71BrN2S2. The Morgan fingerprint density at radius 2 is 0.538 bits per heavy atom. The van der Waals surface area contributed by atoms with Crippen LogP contribution < -0.4 is 10.2 Å². The van der Waals surface area contributed by atoms with E-state index < -0.39 is 0 Å². The normalized spacial score (nSPS) is 13.1. The molecule has 2 aromatic heterocycles. The fourth-order valence-corrected chi connectivity index (χ4v) is 22.8. The number of thiophene rings is 2. The molecule has 119 heavy (non-hydrogen) atoms. The van der Waals surface area contributed by atoms with Crippen LogP contribution in [0.3, 0.4) is 0 Å². The van der Waals surface area contributed by atoms with Gasteiger partial charge in [0.15, 0.2) is 0 Å². The number of fused-ring (bicyclic) bond motifs is 30. The zero-order valence-corrected chi connectivity index (χ0v) is 67.8. The Kier molecular flexibility index (Phi) is 16.0. The first-order valence-electron chi connectivity index (χ1n) is 40.8. The van der Waals surface area contributed by atoms with Gasteiger partial charge >= 0.3 is 0 Å². The molecule has 26 rings (SSSR count). The number of hydrogen-bond acceptors (Lipinski definition) is 4. The van der Waals surface area contributed by atoms with Gasteiger partial charge in [-0.05, 0) is 300 Å². The third-order valence-corrected chi connectivity index (χ3v) is 28.3. The highest BCUT2D eigenvalue weighted by atomic mass is 79.9. The third kappa shape index (κ3) is 11.0. The van der Waals surface area contributed by atoms with E-state index in [1.165, 1.54) is 195 Å². The predicted octanol–water partition coefficient (Wildman–Crippen LogP) is 32.4. The number of nitrogens with one attached hydrogen (secondary N) is 1. The molecule has 1 N–H and O–H groups in total. The summed E-state index contributed by atoms with van der Waals surface area (Å²) in [6.45, 7) is 0. The van der Waals surface area contributed by atoms with Crippen molar-refractivity contribution in [2.24, 2.45) is 0 Å². The van der Waals surface area contributed by atoms with Gasteiger partial charge in [-0.1, -0.05) is 295 Å². The van der Waals surface area contributed by atoms with E-state index in [2.05, 4.69) is 433 Å². The molecule has 22 aromatic rings. The smallest absolute Gasteiger partial charge is 0.0725 e. The average Bonchev–Trinajstić information content (AvgIpc) is 1.51. The molecule has 4 aliphatic carbocycles. The highest BCUT2D eigenvalue weighted by molar-refractivity contribution is 9.10. The lowest BCUT2D eigenvalue weighted by Crippen LogP contribution is -2.25.